The molecule has 2 aromatic rings. The number of aromatic hydroxyl groups is 1. The van der Waals surface area contributed by atoms with Gasteiger partial charge in [0.05, 0.1) is 7.11 Å². The zero-order valence-electron chi connectivity index (χ0n) is 17.6. The first kappa shape index (κ1) is 25.3. The minimum Gasteiger partial charge on any atom is -0.508 e. The molecule has 2 nitrogen and oxygen atoms in total. The highest BCUT2D eigenvalue weighted by Crippen LogP contribution is 2.16. The van der Waals surface area contributed by atoms with E-state index in [0.717, 1.165) is 11.7 Å². The summed E-state index contributed by atoms with van der Waals surface area (Å²) in [5.41, 5.74) is 2.52. The molecule has 1 N–H and O–H groups in total. The Kier molecular flexibility index (Phi) is 15.7. The zero-order valence-corrected chi connectivity index (χ0v) is 17.6. The van der Waals surface area contributed by atoms with Crippen LogP contribution in [0.5, 0.6) is 11.5 Å². The number of hydrogen-bond acceptors (Lipinski definition) is 2. The first-order chi connectivity index (χ1) is 11.8. The molecule has 0 aromatic heterocycles. The van der Waals surface area contributed by atoms with E-state index in [0.29, 0.717) is 11.7 Å². The number of hydrogen-bond donors (Lipinski definition) is 1. The minimum absolute atomic E-state index is 0.337. The maximum atomic E-state index is 8.94. The van der Waals surface area contributed by atoms with Gasteiger partial charge in [0.2, 0.25) is 0 Å². The maximum absolute atomic E-state index is 8.94. The van der Waals surface area contributed by atoms with Crippen molar-refractivity contribution in [1.82, 2.24) is 0 Å². The zero-order chi connectivity index (χ0) is 19.8. The molecule has 2 rings (SSSR count). The third kappa shape index (κ3) is 15.3. The Bertz CT molecular complexity index is 508. The molecule has 2 aromatic carbocycles. The number of ether oxygens (including phenoxy) is 1. The van der Waals surface area contributed by atoms with Gasteiger partial charge >= 0.3 is 0 Å². The van der Waals surface area contributed by atoms with E-state index in [1.165, 1.54) is 11.1 Å². The van der Waals surface area contributed by atoms with Crippen LogP contribution in [-0.2, 0) is 0 Å². The predicted molar refractivity (Wildman–Crippen MR) is 112 cm³/mol. The number of aryl methyl sites for hydroxylation is 1. The number of phenols is 1. The van der Waals surface area contributed by atoms with Crippen molar-refractivity contribution < 1.29 is 9.84 Å². The molecule has 0 bridgehead atoms. The third-order valence-electron chi connectivity index (χ3n) is 2.82. The summed E-state index contributed by atoms with van der Waals surface area (Å²) in [4.78, 5) is 0. The SMILES string of the molecule is CC.CC(C)C.CC(C)c1ccc(O)cc1.COc1ccc(C)cc1. The van der Waals surface area contributed by atoms with Crippen molar-refractivity contribution >= 4 is 0 Å². The van der Waals surface area contributed by atoms with Gasteiger partial charge in [0.15, 0.2) is 0 Å². The van der Waals surface area contributed by atoms with E-state index in [9.17, 15) is 0 Å². The quantitative estimate of drug-likeness (QED) is 0.622. The Labute approximate surface area is 155 Å². The fraction of sp³-hybridized carbons (Fsp3) is 0.478. The summed E-state index contributed by atoms with van der Waals surface area (Å²) in [6, 6.07) is 15.3. The molecule has 0 aliphatic carbocycles. The lowest BCUT2D eigenvalue weighted by molar-refractivity contribution is 0.414. The minimum atomic E-state index is 0.337. The molecule has 0 saturated heterocycles. The molecule has 2 heteroatoms. The average Bonchev–Trinajstić information content (AvgIpc) is 2.58. The molecule has 0 heterocycles. The molecule has 0 aliphatic rings. The molecule has 0 radical (unpaired) electrons. The predicted octanol–water partition coefficient (Wildman–Crippen LogP) is 7.21. The Morgan fingerprint density at radius 2 is 1.16 bits per heavy atom. The van der Waals surface area contributed by atoms with Crippen LogP contribution in [0.2, 0.25) is 0 Å². The molecule has 0 spiro atoms. The highest BCUT2D eigenvalue weighted by Gasteiger charge is 1.96. The Balaban J connectivity index is 0. The van der Waals surface area contributed by atoms with E-state index in [1.807, 2.05) is 50.2 Å². The highest BCUT2D eigenvalue weighted by atomic mass is 16.5. The van der Waals surface area contributed by atoms with E-state index >= 15 is 0 Å². The molecule has 0 fully saturated rings. The summed E-state index contributed by atoms with van der Waals surface area (Å²) < 4.78 is 4.97. The van der Waals surface area contributed by atoms with Crippen molar-refractivity contribution in [1.29, 1.82) is 0 Å². The van der Waals surface area contributed by atoms with Gasteiger partial charge in [-0.15, -0.1) is 0 Å². The number of methoxy groups -OCH3 is 1. The first-order valence-electron chi connectivity index (χ1n) is 9.15. The van der Waals surface area contributed by atoms with Gasteiger partial charge in [0, 0.05) is 0 Å². The molecule has 0 unspecified atom stereocenters. The summed E-state index contributed by atoms with van der Waals surface area (Å²) in [5.74, 6) is 2.63. The molecule has 25 heavy (non-hydrogen) atoms. The van der Waals surface area contributed by atoms with Gasteiger partial charge in [-0.3, -0.25) is 0 Å². The van der Waals surface area contributed by atoms with E-state index in [1.54, 1.807) is 19.2 Å². The van der Waals surface area contributed by atoms with Crippen LogP contribution in [0.15, 0.2) is 48.5 Å². The standard InChI is InChI=1S/C9H12O.C8H10O.C4H10.C2H6/c1-7(2)8-3-5-9(10)6-4-8;1-7-3-5-8(9-2)6-4-7;1-4(2)3;1-2/h3-7,10H,1-2H3;3-6H,1-2H3;4H,1-3H3;1-2H3. The summed E-state index contributed by atoms with van der Waals surface area (Å²) in [6.07, 6.45) is 0. The second-order valence-corrected chi connectivity index (χ2v) is 6.50. The van der Waals surface area contributed by atoms with Crippen LogP contribution in [0.3, 0.4) is 0 Å². The lowest BCUT2D eigenvalue weighted by atomic mass is 10.0. The van der Waals surface area contributed by atoms with Gasteiger partial charge in [-0.25, -0.2) is 0 Å². The monoisotopic (exact) mass is 346 g/mol. The Morgan fingerprint density at radius 3 is 1.48 bits per heavy atom. The second kappa shape index (κ2) is 15.6. The van der Waals surface area contributed by atoms with E-state index in [-0.39, 0.29) is 0 Å². The van der Waals surface area contributed by atoms with Gasteiger partial charge in [-0.2, -0.15) is 0 Å². The smallest absolute Gasteiger partial charge is 0.118 e. The largest absolute Gasteiger partial charge is 0.508 e. The van der Waals surface area contributed by atoms with Crippen LogP contribution >= 0.6 is 0 Å². The summed E-state index contributed by atoms with van der Waals surface area (Å²) in [5, 5.41) is 8.94. The molecule has 0 amide bonds. The second-order valence-electron chi connectivity index (χ2n) is 6.50. The summed E-state index contributed by atoms with van der Waals surface area (Å²) in [7, 11) is 1.67. The number of phenolic OH excluding ortho intramolecular Hbond substituents is 1. The lowest BCUT2D eigenvalue weighted by Gasteiger charge is -2.03. The maximum Gasteiger partial charge on any atom is 0.118 e. The van der Waals surface area contributed by atoms with Gasteiger partial charge in [-0.1, -0.05) is 78.3 Å². The van der Waals surface area contributed by atoms with Gasteiger partial charge < -0.3 is 9.84 Å². The van der Waals surface area contributed by atoms with Crippen molar-refractivity contribution in [2.24, 2.45) is 5.92 Å². The Hall–Kier alpha value is -1.96. The molecular formula is C23H38O2. The fourth-order valence-corrected chi connectivity index (χ4v) is 1.53. The van der Waals surface area contributed by atoms with E-state index < -0.39 is 0 Å². The van der Waals surface area contributed by atoms with Crippen LogP contribution < -0.4 is 4.74 Å². The van der Waals surface area contributed by atoms with Crippen LogP contribution in [0.1, 0.15) is 65.5 Å². The summed E-state index contributed by atoms with van der Waals surface area (Å²) >= 11 is 0. The average molecular weight is 347 g/mol. The van der Waals surface area contributed by atoms with E-state index in [4.69, 9.17) is 9.84 Å². The first-order valence-corrected chi connectivity index (χ1v) is 9.15. The fourth-order valence-electron chi connectivity index (χ4n) is 1.53. The van der Waals surface area contributed by atoms with Crippen LogP contribution in [0.25, 0.3) is 0 Å². The van der Waals surface area contributed by atoms with E-state index in [2.05, 4.69) is 41.5 Å². The van der Waals surface area contributed by atoms with Crippen molar-refractivity contribution in [3.05, 3.63) is 59.7 Å². The van der Waals surface area contributed by atoms with Gasteiger partial charge in [0.1, 0.15) is 11.5 Å². The number of benzene rings is 2. The topological polar surface area (TPSA) is 29.5 Å². The third-order valence-corrected chi connectivity index (χ3v) is 2.82. The molecule has 0 saturated carbocycles. The lowest BCUT2D eigenvalue weighted by Crippen LogP contribution is -1.84. The molecular weight excluding hydrogens is 308 g/mol. The number of rotatable bonds is 2. The van der Waals surface area contributed by atoms with Gasteiger partial charge in [0.25, 0.3) is 0 Å². The van der Waals surface area contributed by atoms with Crippen molar-refractivity contribution in [3.63, 3.8) is 0 Å². The molecule has 142 valence electrons. The highest BCUT2D eigenvalue weighted by molar-refractivity contribution is 5.27. The molecule has 0 atom stereocenters. The van der Waals surface area contributed by atoms with Crippen molar-refractivity contribution in [2.75, 3.05) is 7.11 Å². The summed E-state index contributed by atoms with van der Waals surface area (Å²) in [6.45, 7) is 16.8. The van der Waals surface area contributed by atoms with Crippen LogP contribution in [0, 0.1) is 12.8 Å². The molecule has 0 aliphatic heterocycles. The van der Waals surface area contributed by atoms with Crippen LogP contribution in [-0.4, -0.2) is 12.2 Å². The van der Waals surface area contributed by atoms with Crippen LogP contribution in [0.4, 0.5) is 0 Å². The van der Waals surface area contributed by atoms with Crippen molar-refractivity contribution in [3.8, 4) is 11.5 Å². The normalized spacial score (nSPS) is 9.08. The van der Waals surface area contributed by atoms with Crippen molar-refractivity contribution in [2.45, 2.75) is 61.3 Å². The Morgan fingerprint density at radius 1 is 0.760 bits per heavy atom. The van der Waals surface area contributed by atoms with Gasteiger partial charge in [-0.05, 0) is 48.6 Å².